The van der Waals surface area contributed by atoms with Gasteiger partial charge in [0.2, 0.25) is 0 Å². The van der Waals surface area contributed by atoms with Crippen LogP contribution in [0.2, 0.25) is 0 Å². The first kappa shape index (κ1) is 19.8. The summed E-state index contributed by atoms with van der Waals surface area (Å²) in [6.07, 6.45) is 14.9. The predicted octanol–water partition coefficient (Wildman–Crippen LogP) is 4.55. The number of aryl methyl sites for hydroxylation is 1. The van der Waals surface area contributed by atoms with Gasteiger partial charge in [-0.1, -0.05) is 6.92 Å². The summed E-state index contributed by atoms with van der Waals surface area (Å²) in [4.78, 5) is 17.7. The van der Waals surface area contributed by atoms with Crippen LogP contribution >= 0.6 is 0 Å². The van der Waals surface area contributed by atoms with Gasteiger partial charge in [-0.05, 0) is 99.7 Å². The fraction of sp³-hybridized carbons (Fsp3) is 0.840. The Kier molecular flexibility index (Phi) is 4.73. The lowest BCUT2D eigenvalue weighted by Gasteiger charge is -2.56. The van der Waals surface area contributed by atoms with Gasteiger partial charge < -0.3 is 9.67 Å². The quantitative estimate of drug-likeness (QED) is 0.812. The summed E-state index contributed by atoms with van der Waals surface area (Å²) in [6, 6.07) is 0. The van der Waals surface area contributed by atoms with Gasteiger partial charge in [-0.15, -0.1) is 0 Å². The summed E-state index contributed by atoms with van der Waals surface area (Å²) in [5, 5.41) is 10.6. The maximum atomic E-state index is 13.3. The molecule has 8 atom stereocenters. The van der Waals surface area contributed by atoms with E-state index in [1.165, 1.54) is 38.5 Å². The van der Waals surface area contributed by atoms with E-state index in [0.29, 0.717) is 12.2 Å². The van der Waals surface area contributed by atoms with Crippen molar-refractivity contribution in [3.63, 3.8) is 0 Å². The molecule has 160 valence electrons. The Balaban J connectivity index is 1.32. The monoisotopic (exact) mass is 398 g/mol. The molecule has 0 spiro atoms. The number of nitrogens with zero attached hydrogens (tertiary/aromatic N) is 2. The number of imidazole rings is 1. The SMILES string of the molecule is Cn1ccnc1CC(=O)[C@H]1CC[C@H]2[C@@H]3CC[C@@H]4C[C@](C)(O)CC[C@@H]4[C@H]3CC[C@]12C. The van der Waals surface area contributed by atoms with E-state index in [1.54, 1.807) is 6.20 Å². The smallest absolute Gasteiger partial charge is 0.144 e. The Morgan fingerprint density at radius 2 is 1.90 bits per heavy atom. The average Bonchev–Trinajstić information content (AvgIpc) is 3.23. The van der Waals surface area contributed by atoms with Gasteiger partial charge in [-0.3, -0.25) is 4.79 Å². The van der Waals surface area contributed by atoms with Crippen molar-refractivity contribution < 1.29 is 9.90 Å². The van der Waals surface area contributed by atoms with Crippen LogP contribution in [0.3, 0.4) is 0 Å². The van der Waals surface area contributed by atoms with Crippen LogP contribution in [0.5, 0.6) is 0 Å². The lowest BCUT2D eigenvalue weighted by molar-refractivity contribution is -0.131. The number of aliphatic hydroxyl groups is 1. The van der Waals surface area contributed by atoms with Gasteiger partial charge in [-0.25, -0.2) is 4.98 Å². The summed E-state index contributed by atoms with van der Waals surface area (Å²) < 4.78 is 1.99. The predicted molar refractivity (Wildman–Crippen MR) is 113 cm³/mol. The van der Waals surface area contributed by atoms with E-state index in [1.807, 2.05) is 24.7 Å². The lowest BCUT2D eigenvalue weighted by atomic mass is 9.49. The molecule has 0 bridgehead atoms. The molecule has 1 aromatic heterocycles. The number of hydrogen-bond acceptors (Lipinski definition) is 3. The van der Waals surface area contributed by atoms with E-state index < -0.39 is 5.60 Å². The van der Waals surface area contributed by atoms with Gasteiger partial charge in [-0.2, -0.15) is 0 Å². The average molecular weight is 399 g/mol. The normalized spacial score (nSPS) is 46.6. The van der Waals surface area contributed by atoms with Gasteiger partial charge >= 0.3 is 0 Å². The van der Waals surface area contributed by atoms with Crippen molar-refractivity contribution in [2.24, 2.45) is 48.0 Å². The third-order valence-electron chi connectivity index (χ3n) is 9.88. The molecule has 0 radical (unpaired) electrons. The highest BCUT2D eigenvalue weighted by atomic mass is 16.3. The number of fused-ring (bicyclic) bond motifs is 5. The van der Waals surface area contributed by atoms with Gasteiger partial charge in [0.25, 0.3) is 0 Å². The molecule has 4 aliphatic carbocycles. The van der Waals surface area contributed by atoms with Gasteiger partial charge in [0.05, 0.1) is 12.0 Å². The lowest BCUT2D eigenvalue weighted by Crippen LogP contribution is -2.51. The standard InChI is InChI=1S/C25H38N2O2/c1-24(29)10-8-17-16(15-24)4-5-19-18(17)9-11-25(2)20(19)6-7-21(25)22(28)14-23-26-12-13-27(23)3/h12-13,16-21,29H,4-11,14-15H2,1-3H3/t16-,17+,18-,19-,20+,21-,24-,25+/m1/s1. The molecule has 0 saturated heterocycles. The van der Waals surface area contributed by atoms with Crippen LogP contribution in [-0.2, 0) is 18.3 Å². The molecule has 4 aliphatic rings. The number of Topliss-reactive ketones (excluding diaryl/α,β-unsaturated/α-hetero) is 1. The highest BCUT2D eigenvalue weighted by Gasteiger charge is 2.58. The first-order chi connectivity index (χ1) is 13.8. The molecule has 4 heteroatoms. The number of ketones is 1. The zero-order chi connectivity index (χ0) is 20.4. The molecule has 29 heavy (non-hydrogen) atoms. The molecule has 4 nitrogen and oxygen atoms in total. The van der Waals surface area contributed by atoms with Crippen molar-refractivity contribution in [2.45, 2.75) is 83.7 Å². The zero-order valence-corrected chi connectivity index (χ0v) is 18.4. The van der Waals surface area contributed by atoms with Crippen molar-refractivity contribution in [1.29, 1.82) is 0 Å². The summed E-state index contributed by atoms with van der Waals surface area (Å²) >= 11 is 0. The van der Waals surface area contributed by atoms with Crippen molar-refractivity contribution in [3.05, 3.63) is 18.2 Å². The molecule has 1 N–H and O–H groups in total. The number of carbonyl (C=O) groups excluding carboxylic acids is 1. The molecule has 1 aromatic rings. The molecule has 5 rings (SSSR count). The molecule has 0 amide bonds. The number of carbonyl (C=O) groups is 1. The van der Waals surface area contributed by atoms with E-state index in [-0.39, 0.29) is 11.3 Å². The molecule has 0 aliphatic heterocycles. The second kappa shape index (κ2) is 6.93. The Hall–Kier alpha value is -1.16. The van der Waals surface area contributed by atoms with Crippen LogP contribution in [0.15, 0.2) is 12.4 Å². The van der Waals surface area contributed by atoms with Crippen molar-refractivity contribution in [3.8, 4) is 0 Å². The van der Waals surface area contributed by atoms with E-state index >= 15 is 0 Å². The highest BCUT2D eigenvalue weighted by molar-refractivity contribution is 5.83. The van der Waals surface area contributed by atoms with Gasteiger partial charge in [0.15, 0.2) is 0 Å². The first-order valence-electron chi connectivity index (χ1n) is 12.0. The second-order valence-electron chi connectivity index (χ2n) is 11.4. The minimum atomic E-state index is -0.437. The van der Waals surface area contributed by atoms with E-state index in [4.69, 9.17) is 0 Å². The fourth-order valence-electron chi connectivity index (χ4n) is 8.46. The Morgan fingerprint density at radius 3 is 2.66 bits per heavy atom. The fourth-order valence-corrected chi connectivity index (χ4v) is 8.46. The first-order valence-corrected chi connectivity index (χ1v) is 12.0. The molecular formula is C25H38N2O2. The number of hydrogen-bond donors (Lipinski definition) is 1. The summed E-state index contributed by atoms with van der Waals surface area (Å²) in [6.45, 7) is 4.49. The third-order valence-corrected chi connectivity index (χ3v) is 9.88. The van der Waals surface area contributed by atoms with Crippen LogP contribution in [0.25, 0.3) is 0 Å². The highest BCUT2D eigenvalue weighted by Crippen LogP contribution is 2.64. The molecule has 4 fully saturated rings. The molecule has 0 aromatic carbocycles. The Morgan fingerprint density at radius 1 is 1.10 bits per heavy atom. The molecule has 4 saturated carbocycles. The minimum Gasteiger partial charge on any atom is -0.390 e. The van der Waals surface area contributed by atoms with Gasteiger partial charge in [0.1, 0.15) is 11.6 Å². The Bertz CT molecular complexity index is 784. The molecule has 1 heterocycles. The van der Waals surface area contributed by atoms with Crippen LogP contribution in [-0.4, -0.2) is 26.0 Å². The van der Waals surface area contributed by atoms with Crippen molar-refractivity contribution >= 4 is 5.78 Å². The van der Waals surface area contributed by atoms with Crippen LogP contribution in [0, 0.1) is 40.9 Å². The summed E-state index contributed by atoms with van der Waals surface area (Å²) in [5.74, 6) is 5.47. The van der Waals surface area contributed by atoms with Crippen molar-refractivity contribution in [2.75, 3.05) is 0 Å². The third kappa shape index (κ3) is 3.21. The van der Waals surface area contributed by atoms with E-state index in [9.17, 15) is 9.90 Å². The molecule has 0 unspecified atom stereocenters. The maximum absolute atomic E-state index is 13.3. The van der Waals surface area contributed by atoms with E-state index in [2.05, 4.69) is 11.9 Å². The van der Waals surface area contributed by atoms with Crippen LogP contribution < -0.4 is 0 Å². The topological polar surface area (TPSA) is 55.1 Å². The van der Waals surface area contributed by atoms with Crippen LogP contribution in [0.1, 0.15) is 77.5 Å². The number of aromatic nitrogens is 2. The largest absolute Gasteiger partial charge is 0.390 e. The maximum Gasteiger partial charge on any atom is 0.144 e. The van der Waals surface area contributed by atoms with Gasteiger partial charge in [0, 0.05) is 25.4 Å². The Labute approximate surface area is 175 Å². The van der Waals surface area contributed by atoms with Crippen molar-refractivity contribution in [1.82, 2.24) is 9.55 Å². The minimum absolute atomic E-state index is 0.191. The second-order valence-corrected chi connectivity index (χ2v) is 11.4. The van der Waals surface area contributed by atoms with E-state index in [0.717, 1.165) is 54.7 Å². The zero-order valence-electron chi connectivity index (χ0n) is 18.4. The summed E-state index contributed by atoms with van der Waals surface area (Å²) in [5.41, 5.74) is -0.247. The number of rotatable bonds is 3. The summed E-state index contributed by atoms with van der Waals surface area (Å²) in [7, 11) is 1.99. The molecular weight excluding hydrogens is 360 g/mol. The van der Waals surface area contributed by atoms with Crippen LogP contribution in [0.4, 0.5) is 0 Å².